The van der Waals surface area contributed by atoms with Crippen molar-refractivity contribution in [1.29, 1.82) is 0 Å². The number of ether oxygens (including phenoxy) is 1. The molecule has 0 amide bonds. The fraction of sp³-hybridized carbons (Fsp3) is 1.00. The van der Waals surface area contributed by atoms with E-state index >= 15 is 0 Å². The monoisotopic (exact) mass is 239 g/mol. The zero-order valence-corrected chi connectivity index (χ0v) is 9.65. The summed E-state index contributed by atoms with van der Waals surface area (Å²) in [6, 6.07) is 0.156. The zero-order chi connectivity index (χ0) is 12.0. The van der Waals surface area contributed by atoms with Crippen LogP contribution in [-0.4, -0.2) is 32.0 Å². The minimum atomic E-state index is -4.01. The lowest BCUT2D eigenvalue weighted by molar-refractivity contribution is -0.135. The van der Waals surface area contributed by atoms with Crippen molar-refractivity contribution in [2.24, 2.45) is 5.92 Å². The Morgan fingerprint density at radius 2 is 2.19 bits per heavy atom. The van der Waals surface area contributed by atoms with Crippen LogP contribution in [0.5, 0.6) is 0 Å². The lowest BCUT2D eigenvalue weighted by Gasteiger charge is -2.16. The van der Waals surface area contributed by atoms with Crippen LogP contribution in [0.1, 0.15) is 32.6 Å². The van der Waals surface area contributed by atoms with Crippen molar-refractivity contribution >= 4 is 0 Å². The van der Waals surface area contributed by atoms with Crippen LogP contribution in [-0.2, 0) is 4.74 Å². The Morgan fingerprint density at radius 3 is 2.75 bits per heavy atom. The molecule has 0 aromatic rings. The largest absolute Gasteiger partial charge is 0.389 e. The molecule has 1 heterocycles. The maximum Gasteiger partial charge on any atom is 0.389 e. The minimum absolute atomic E-state index is 0.156. The van der Waals surface area contributed by atoms with Crippen LogP contribution in [0.4, 0.5) is 13.2 Å². The Balaban J connectivity index is 2.00. The number of alkyl halides is 3. The first-order valence-electron chi connectivity index (χ1n) is 5.85. The summed E-state index contributed by atoms with van der Waals surface area (Å²) in [4.78, 5) is 0. The SMILES string of the molecule is CC(CCCC(F)(F)F)NCC1CCOC1. The molecule has 0 saturated carbocycles. The molecule has 5 heteroatoms. The van der Waals surface area contributed by atoms with Crippen LogP contribution in [0, 0.1) is 5.92 Å². The lowest BCUT2D eigenvalue weighted by Crippen LogP contribution is -2.31. The van der Waals surface area contributed by atoms with Crippen molar-refractivity contribution in [3.8, 4) is 0 Å². The van der Waals surface area contributed by atoms with Crippen LogP contribution < -0.4 is 5.32 Å². The average molecular weight is 239 g/mol. The summed E-state index contributed by atoms with van der Waals surface area (Å²) >= 11 is 0. The van der Waals surface area contributed by atoms with Gasteiger partial charge in [-0.2, -0.15) is 13.2 Å². The summed E-state index contributed by atoms with van der Waals surface area (Å²) in [6.45, 7) is 4.39. The Kier molecular flexibility index (Phi) is 5.55. The molecule has 2 unspecified atom stereocenters. The first-order valence-corrected chi connectivity index (χ1v) is 5.85. The third-order valence-corrected chi connectivity index (χ3v) is 2.88. The normalized spacial score (nSPS) is 23.6. The van der Waals surface area contributed by atoms with Gasteiger partial charge < -0.3 is 10.1 Å². The van der Waals surface area contributed by atoms with E-state index in [1.807, 2.05) is 6.92 Å². The number of hydrogen-bond donors (Lipinski definition) is 1. The standard InChI is InChI=1S/C11H20F3NO/c1-9(3-2-5-11(12,13)14)15-7-10-4-6-16-8-10/h9-10,15H,2-8H2,1H3. The van der Waals surface area contributed by atoms with Crippen molar-refractivity contribution < 1.29 is 17.9 Å². The van der Waals surface area contributed by atoms with Crippen molar-refractivity contribution in [1.82, 2.24) is 5.32 Å². The topological polar surface area (TPSA) is 21.3 Å². The van der Waals surface area contributed by atoms with Crippen molar-refractivity contribution in [3.05, 3.63) is 0 Å². The average Bonchev–Trinajstić information content (AvgIpc) is 2.65. The molecule has 1 aliphatic rings. The summed E-state index contributed by atoms with van der Waals surface area (Å²) in [5.74, 6) is 0.532. The number of halogens is 3. The molecule has 96 valence electrons. The molecule has 0 aromatic carbocycles. The highest BCUT2D eigenvalue weighted by Crippen LogP contribution is 2.22. The molecule has 2 nitrogen and oxygen atoms in total. The maximum atomic E-state index is 11.9. The van der Waals surface area contributed by atoms with Gasteiger partial charge >= 0.3 is 6.18 Å². The lowest BCUT2D eigenvalue weighted by atomic mass is 10.1. The van der Waals surface area contributed by atoms with Crippen molar-refractivity contribution in [3.63, 3.8) is 0 Å². The predicted molar refractivity (Wildman–Crippen MR) is 56.3 cm³/mol. The van der Waals surface area contributed by atoms with Gasteiger partial charge in [-0.05, 0) is 32.1 Å². The molecule has 2 atom stereocenters. The molecule has 0 aliphatic carbocycles. The molecule has 0 radical (unpaired) electrons. The molecule has 1 aliphatic heterocycles. The van der Waals surface area contributed by atoms with Crippen LogP contribution in [0.2, 0.25) is 0 Å². The number of nitrogens with one attached hydrogen (secondary N) is 1. The molecule has 16 heavy (non-hydrogen) atoms. The zero-order valence-electron chi connectivity index (χ0n) is 9.65. The third kappa shape index (κ3) is 6.33. The summed E-state index contributed by atoms with van der Waals surface area (Å²) in [5.41, 5.74) is 0. The molecular formula is C11H20F3NO. The van der Waals surface area contributed by atoms with Gasteiger partial charge in [-0.3, -0.25) is 0 Å². The fourth-order valence-corrected chi connectivity index (χ4v) is 1.82. The van der Waals surface area contributed by atoms with Gasteiger partial charge in [0.2, 0.25) is 0 Å². The van der Waals surface area contributed by atoms with Crippen LogP contribution in [0.15, 0.2) is 0 Å². The third-order valence-electron chi connectivity index (χ3n) is 2.88. The van der Waals surface area contributed by atoms with E-state index in [2.05, 4.69) is 5.32 Å². The second-order valence-corrected chi connectivity index (χ2v) is 4.55. The first kappa shape index (κ1) is 13.8. The Morgan fingerprint density at radius 1 is 1.44 bits per heavy atom. The smallest absolute Gasteiger partial charge is 0.381 e. The van der Waals surface area contributed by atoms with Gasteiger partial charge in [-0.25, -0.2) is 0 Å². The van der Waals surface area contributed by atoms with Crippen LogP contribution in [0.3, 0.4) is 0 Å². The second kappa shape index (κ2) is 6.45. The summed E-state index contributed by atoms with van der Waals surface area (Å²) in [7, 11) is 0. The van der Waals surface area contributed by atoms with E-state index in [1.165, 1.54) is 0 Å². The van der Waals surface area contributed by atoms with Gasteiger partial charge in [0.1, 0.15) is 0 Å². The minimum Gasteiger partial charge on any atom is -0.381 e. The Bertz CT molecular complexity index is 190. The highest BCUT2D eigenvalue weighted by molar-refractivity contribution is 4.70. The molecular weight excluding hydrogens is 219 g/mol. The molecule has 0 spiro atoms. The van der Waals surface area contributed by atoms with Gasteiger partial charge in [0.25, 0.3) is 0 Å². The highest BCUT2D eigenvalue weighted by atomic mass is 19.4. The molecule has 1 N–H and O–H groups in total. The second-order valence-electron chi connectivity index (χ2n) is 4.55. The van der Waals surface area contributed by atoms with E-state index in [-0.39, 0.29) is 12.5 Å². The van der Waals surface area contributed by atoms with Gasteiger partial charge in [0.05, 0.1) is 6.61 Å². The predicted octanol–water partition coefficient (Wildman–Crippen LogP) is 2.73. The van der Waals surface area contributed by atoms with E-state index in [0.29, 0.717) is 12.3 Å². The molecule has 1 fully saturated rings. The first-order chi connectivity index (χ1) is 7.47. The summed E-state index contributed by atoms with van der Waals surface area (Å²) in [5, 5.41) is 3.26. The van der Waals surface area contributed by atoms with E-state index in [0.717, 1.165) is 26.2 Å². The van der Waals surface area contributed by atoms with E-state index < -0.39 is 12.6 Å². The van der Waals surface area contributed by atoms with Crippen LogP contribution >= 0.6 is 0 Å². The van der Waals surface area contributed by atoms with E-state index in [4.69, 9.17) is 4.74 Å². The Hall–Kier alpha value is -0.290. The fourth-order valence-electron chi connectivity index (χ4n) is 1.82. The van der Waals surface area contributed by atoms with E-state index in [9.17, 15) is 13.2 Å². The summed E-state index contributed by atoms with van der Waals surface area (Å²) in [6.07, 6.45) is -2.85. The van der Waals surface area contributed by atoms with Gasteiger partial charge in [0, 0.05) is 25.6 Å². The summed E-state index contributed by atoms with van der Waals surface area (Å²) < 4.78 is 40.9. The number of rotatable bonds is 6. The quantitative estimate of drug-likeness (QED) is 0.769. The molecule has 1 saturated heterocycles. The van der Waals surface area contributed by atoms with Gasteiger partial charge in [0.15, 0.2) is 0 Å². The molecule has 1 rings (SSSR count). The number of hydrogen-bond acceptors (Lipinski definition) is 2. The molecule has 0 bridgehead atoms. The maximum absolute atomic E-state index is 11.9. The van der Waals surface area contributed by atoms with Gasteiger partial charge in [-0.15, -0.1) is 0 Å². The highest BCUT2D eigenvalue weighted by Gasteiger charge is 2.26. The van der Waals surface area contributed by atoms with Crippen molar-refractivity contribution in [2.75, 3.05) is 19.8 Å². The van der Waals surface area contributed by atoms with Crippen LogP contribution in [0.25, 0.3) is 0 Å². The molecule has 0 aromatic heterocycles. The van der Waals surface area contributed by atoms with Gasteiger partial charge in [-0.1, -0.05) is 0 Å². The Labute approximate surface area is 94.5 Å². The van der Waals surface area contributed by atoms with Crippen molar-refractivity contribution in [2.45, 2.75) is 44.8 Å². The van der Waals surface area contributed by atoms with E-state index in [1.54, 1.807) is 0 Å².